The third-order valence-electron chi connectivity index (χ3n) is 5.19. The van der Waals surface area contributed by atoms with E-state index in [4.69, 9.17) is 14.2 Å². The van der Waals surface area contributed by atoms with Gasteiger partial charge in [0.15, 0.2) is 0 Å². The van der Waals surface area contributed by atoms with Gasteiger partial charge in [0.1, 0.15) is 11.6 Å². The largest absolute Gasteiger partial charge is 0.496 e. The Morgan fingerprint density at radius 2 is 1.71 bits per heavy atom. The summed E-state index contributed by atoms with van der Waals surface area (Å²) in [5, 5.41) is 3.06. The number of methoxy groups -OCH3 is 3. The first-order chi connectivity index (χ1) is 13.7. The molecule has 1 N–H and O–H groups in total. The van der Waals surface area contributed by atoms with Crippen LogP contribution in [0.1, 0.15) is 43.0 Å². The summed E-state index contributed by atoms with van der Waals surface area (Å²) >= 11 is 0. The van der Waals surface area contributed by atoms with E-state index in [0.29, 0.717) is 24.1 Å². The van der Waals surface area contributed by atoms with Crippen LogP contribution in [0, 0.1) is 5.92 Å². The highest BCUT2D eigenvalue weighted by molar-refractivity contribution is 5.79. The summed E-state index contributed by atoms with van der Waals surface area (Å²) < 4.78 is 15.9. The van der Waals surface area contributed by atoms with Crippen molar-refractivity contribution in [3.8, 4) is 17.5 Å². The fourth-order valence-electron chi connectivity index (χ4n) is 3.71. The van der Waals surface area contributed by atoms with E-state index in [1.54, 1.807) is 27.4 Å². The van der Waals surface area contributed by atoms with Gasteiger partial charge in [-0.1, -0.05) is 31.0 Å². The number of carbonyl (C=O) groups excluding carboxylic acids is 1. The Labute approximate surface area is 165 Å². The van der Waals surface area contributed by atoms with E-state index in [1.165, 1.54) is 0 Å². The molecular formula is C21H27N3O4. The first-order valence-corrected chi connectivity index (χ1v) is 9.52. The molecule has 2 atom stereocenters. The molecule has 1 amide bonds. The first-order valence-electron chi connectivity index (χ1n) is 9.52. The van der Waals surface area contributed by atoms with Crippen molar-refractivity contribution in [2.75, 3.05) is 21.3 Å². The van der Waals surface area contributed by atoms with Gasteiger partial charge in [-0.2, -0.15) is 9.97 Å². The van der Waals surface area contributed by atoms with Crippen molar-refractivity contribution in [1.29, 1.82) is 0 Å². The lowest BCUT2D eigenvalue weighted by Crippen LogP contribution is -2.36. The molecule has 1 aromatic heterocycles. The van der Waals surface area contributed by atoms with Gasteiger partial charge in [-0.05, 0) is 18.9 Å². The Morgan fingerprint density at radius 1 is 1.04 bits per heavy atom. The van der Waals surface area contributed by atoms with Gasteiger partial charge in [0, 0.05) is 23.9 Å². The molecule has 1 fully saturated rings. The quantitative estimate of drug-likeness (QED) is 0.789. The molecule has 28 heavy (non-hydrogen) atoms. The van der Waals surface area contributed by atoms with Gasteiger partial charge in [-0.15, -0.1) is 0 Å². The summed E-state index contributed by atoms with van der Waals surface area (Å²) in [6, 6.07) is 9.33. The predicted octanol–water partition coefficient (Wildman–Crippen LogP) is 3.09. The lowest BCUT2D eigenvalue weighted by atomic mass is 9.78. The van der Waals surface area contributed by atoms with Gasteiger partial charge in [0.25, 0.3) is 0 Å². The van der Waals surface area contributed by atoms with Crippen molar-refractivity contribution in [1.82, 2.24) is 15.3 Å². The molecule has 7 heteroatoms. The van der Waals surface area contributed by atoms with Gasteiger partial charge >= 0.3 is 0 Å². The summed E-state index contributed by atoms with van der Waals surface area (Å²) in [5.41, 5.74) is 0.949. The van der Waals surface area contributed by atoms with E-state index in [2.05, 4.69) is 15.3 Å². The topological polar surface area (TPSA) is 82.6 Å². The number of benzene rings is 1. The average Bonchev–Trinajstić information content (AvgIpc) is 2.77. The lowest BCUT2D eigenvalue weighted by molar-refractivity contribution is -0.126. The number of amides is 1. The standard InChI is InChI=1S/C21H27N3O4/c1-26-17-11-7-4-8-14(17)13-22-21(25)16-10-6-5-9-15(16)20-23-18(27-2)12-19(24-20)28-3/h4,7-8,11-12,15-16H,5-6,9-10,13H2,1-3H3,(H,22,25)/t15-,16-/m0/s1. The minimum Gasteiger partial charge on any atom is -0.496 e. The Hall–Kier alpha value is -2.83. The SMILES string of the molecule is COc1cc(OC)nc([C@H]2CCCC[C@@H]2C(=O)NCc2ccccc2OC)n1. The molecule has 1 saturated carbocycles. The van der Waals surface area contributed by atoms with Crippen molar-refractivity contribution < 1.29 is 19.0 Å². The van der Waals surface area contributed by atoms with Crippen LogP contribution in [0.4, 0.5) is 0 Å². The molecule has 7 nitrogen and oxygen atoms in total. The van der Waals surface area contributed by atoms with Crippen LogP contribution in [0.5, 0.6) is 17.5 Å². The van der Waals surface area contributed by atoms with Gasteiger partial charge in [-0.25, -0.2) is 0 Å². The Bertz CT molecular complexity index is 790. The molecule has 0 spiro atoms. The van der Waals surface area contributed by atoms with E-state index in [9.17, 15) is 4.79 Å². The van der Waals surface area contributed by atoms with E-state index in [-0.39, 0.29) is 17.7 Å². The normalized spacial score (nSPS) is 19.0. The minimum absolute atomic E-state index is 0.0148. The molecule has 1 aliphatic rings. The van der Waals surface area contributed by atoms with Crippen molar-refractivity contribution in [3.05, 3.63) is 41.7 Å². The molecular weight excluding hydrogens is 358 g/mol. The third kappa shape index (κ3) is 4.52. The molecule has 2 aromatic rings. The average molecular weight is 385 g/mol. The molecule has 0 saturated heterocycles. The van der Waals surface area contributed by atoms with Crippen LogP contribution in [0.3, 0.4) is 0 Å². The number of aromatic nitrogens is 2. The predicted molar refractivity (Wildman–Crippen MR) is 105 cm³/mol. The Kier molecular flexibility index (Phi) is 6.68. The molecule has 1 aliphatic carbocycles. The second-order valence-corrected chi connectivity index (χ2v) is 6.84. The maximum absolute atomic E-state index is 13.0. The molecule has 1 heterocycles. The van der Waals surface area contributed by atoms with Gasteiger partial charge in [-0.3, -0.25) is 4.79 Å². The maximum atomic E-state index is 13.0. The molecule has 0 unspecified atom stereocenters. The Balaban J connectivity index is 1.76. The zero-order valence-electron chi connectivity index (χ0n) is 16.6. The second-order valence-electron chi connectivity index (χ2n) is 6.84. The highest BCUT2D eigenvalue weighted by Gasteiger charge is 2.34. The monoisotopic (exact) mass is 385 g/mol. The second kappa shape index (κ2) is 9.39. The fraction of sp³-hybridized carbons (Fsp3) is 0.476. The van der Waals surface area contributed by atoms with Crippen molar-refractivity contribution in [2.24, 2.45) is 5.92 Å². The van der Waals surface area contributed by atoms with Gasteiger partial charge < -0.3 is 19.5 Å². The smallest absolute Gasteiger partial charge is 0.224 e. The highest BCUT2D eigenvalue weighted by atomic mass is 16.5. The van der Waals surface area contributed by atoms with Crippen molar-refractivity contribution >= 4 is 5.91 Å². The van der Waals surface area contributed by atoms with Crippen LogP contribution in [0.2, 0.25) is 0 Å². The fourth-order valence-corrected chi connectivity index (χ4v) is 3.71. The molecule has 150 valence electrons. The number of hydrogen-bond acceptors (Lipinski definition) is 6. The number of nitrogens with zero attached hydrogens (tertiary/aromatic N) is 2. The summed E-state index contributed by atoms with van der Waals surface area (Å²) in [7, 11) is 4.75. The van der Waals surface area contributed by atoms with Crippen molar-refractivity contribution in [2.45, 2.75) is 38.1 Å². The Morgan fingerprint density at radius 3 is 2.39 bits per heavy atom. The lowest BCUT2D eigenvalue weighted by Gasteiger charge is -2.29. The summed E-state index contributed by atoms with van der Waals surface area (Å²) in [5.74, 6) is 2.04. The van der Waals surface area contributed by atoms with E-state index in [0.717, 1.165) is 37.0 Å². The zero-order valence-corrected chi connectivity index (χ0v) is 16.6. The van der Waals surface area contributed by atoms with E-state index < -0.39 is 0 Å². The maximum Gasteiger partial charge on any atom is 0.224 e. The summed E-state index contributed by atoms with van der Waals surface area (Å²) in [4.78, 5) is 22.0. The first kappa shape index (κ1) is 19.9. The van der Waals surface area contributed by atoms with Gasteiger partial charge in [0.05, 0.1) is 27.4 Å². The van der Waals surface area contributed by atoms with Gasteiger partial charge in [0.2, 0.25) is 17.7 Å². The molecule has 0 radical (unpaired) electrons. The molecule has 0 aliphatic heterocycles. The number of para-hydroxylation sites is 1. The van der Waals surface area contributed by atoms with E-state index in [1.807, 2.05) is 24.3 Å². The number of rotatable bonds is 7. The van der Waals surface area contributed by atoms with Crippen LogP contribution >= 0.6 is 0 Å². The van der Waals surface area contributed by atoms with Crippen LogP contribution in [-0.4, -0.2) is 37.2 Å². The number of carbonyl (C=O) groups is 1. The summed E-state index contributed by atoms with van der Waals surface area (Å²) in [6.07, 6.45) is 3.74. The van der Waals surface area contributed by atoms with Crippen molar-refractivity contribution in [3.63, 3.8) is 0 Å². The van der Waals surface area contributed by atoms with Crippen LogP contribution in [-0.2, 0) is 11.3 Å². The molecule has 0 bridgehead atoms. The zero-order chi connectivity index (χ0) is 19.9. The number of ether oxygens (including phenoxy) is 3. The minimum atomic E-state index is -0.180. The van der Waals surface area contributed by atoms with Crippen LogP contribution in [0.15, 0.2) is 30.3 Å². The van der Waals surface area contributed by atoms with Crippen LogP contribution < -0.4 is 19.5 Å². The molecule has 1 aromatic carbocycles. The number of hydrogen-bond donors (Lipinski definition) is 1. The highest BCUT2D eigenvalue weighted by Crippen LogP contribution is 2.37. The number of nitrogens with one attached hydrogen (secondary N) is 1. The molecule has 3 rings (SSSR count). The summed E-state index contributed by atoms with van der Waals surface area (Å²) in [6.45, 7) is 0.425. The third-order valence-corrected chi connectivity index (χ3v) is 5.19. The van der Waals surface area contributed by atoms with Crippen LogP contribution in [0.25, 0.3) is 0 Å². The van der Waals surface area contributed by atoms with E-state index >= 15 is 0 Å².